The van der Waals surface area contributed by atoms with E-state index in [1.807, 2.05) is 13.0 Å². The third kappa shape index (κ3) is 5.01. The molecular weight excluding hydrogens is 380 g/mol. The molecular formula is C20H23ClN4O3. The van der Waals surface area contributed by atoms with E-state index in [2.05, 4.69) is 10.6 Å². The van der Waals surface area contributed by atoms with Crippen LogP contribution in [0.25, 0.3) is 0 Å². The number of halogens is 1. The largest absolute Gasteiger partial charge is 0.399 e. The van der Waals surface area contributed by atoms with Crippen LogP contribution in [0.1, 0.15) is 31.8 Å². The zero-order valence-corrected chi connectivity index (χ0v) is 16.3. The minimum Gasteiger partial charge on any atom is -0.399 e. The quantitative estimate of drug-likeness (QED) is 0.674. The number of nitrogens with zero attached hydrogens (tertiary/aromatic N) is 1. The molecule has 1 saturated heterocycles. The summed E-state index contributed by atoms with van der Waals surface area (Å²) in [4.78, 5) is 37.7. The molecule has 0 atom stereocenters. The van der Waals surface area contributed by atoms with Gasteiger partial charge in [0.2, 0.25) is 5.91 Å². The first-order chi connectivity index (χ1) is 12.9. The Morgan fingerprint density at radius 3 is 2.57 bits per heavy atom. The Labute approximate surface area is 169 Å². The topological polar surface area (TPSA) is 105 Å². The average molecular weight is 403 g/mol. The summed E-state index contributed by atoms with van der Waals surface area (Å²) < 4.78 is 0. The summed E-state index contributed by atoms with van der Waals surface area (Å²) in [5.74, 6) is -0.513. The Balaban J connectivity index is 0.00000280. The summed E-state index contributed by atoms with van der Waals surface area (Å²) in [5.41, 5.74) is 9.08. The van der Waals surface area contributed by atoms with Crippen LogP contribution in [-0.2, 0) is 11.3 Å². The van der Waals surface area contributed by atoms with Gasteiger partial charge in [-0.2, -0.15) is 0 Å². The van der Waals surface area contributed by atoms with E-state index >= 15 is 0 Å². The smallest absolute Gasteiger partial charge is 0.254 e. The summed E-state index contributed by atoms with van der Waals surface area (Å²) in [6, 6.07) is 12.2. The van der Waals surface area contributed by atoms with Crippen molar-refractivity contribution in [3.05, 3.63) is 64.7 Å². The first-order valence-corrected chi connectivity index (χ1v) is 8.73. The molecule has 148 valence electrons. The summed E-state index contributed by atoms with van der Waals surface area (Å²) in [5, 5.41) is 5.55. The van der Waals surface area contributed by atoms with Crippen LogP contribution in [0.15, 0.2) is 42.5 Å². The lowest BCUT2D eigenvalue weighted by molar-refractivity contribution is -0.123. The van der Waals surface area contributed by atoms with Crippen LogP contribution >= 0.6 is 12.4 Å². The number of anilines is 1. The number of nitrogens with one attached hydrogen (secondary N) is 2. The summed E-state index contributed by atoms with van der Waals surface area (Å²) >= 11 is 0. The van der Waals surface area contributed by atoms with E-state index in [4.69, 9.17) is 5.73 Å². The molecule has 1 aliphatic heterocycles. The summed E-state index contributed by atoms with van der Waals surface area (Å²) in [7, 11) is 0. The standard InChI is InChI=1S/C20H22N4O3.ClH/c1-13-2-7-16(21)10-17(13)19(26)23-11-14-3-5-15(6-4-14)20(27)24-9-8-22-18(25)12-24;/h2-7,10H,8-9,11-12,21H2,1H3,(H,22,25)(H,23,26);1H. The van der Waals surface area contributed by atoms with E-state index in [0.29, 0.717) is 36.4 Å². The van der Waals surface area contributed by atoms with Gasteiger partial charge >= 0.3 is 0 Å². The number of piperazine rings is 1. The predicted octanol–water partition coefficient (Wildman–Crippen LogP) is 1.50. The Hall–Kier alpha value is -3.06. The van der Waals surface area contributed by atoms with Gasteiger partial charge in [-0.05, 0) is 42.3 Å². The van der Waals surface area contributed by atoms with Crippen LogP contribution in [0, 0.1) is 6.92 Å². The highest BCUT2D eigenvalue weighted by molar-refractivity contribution is 5.97. The SMILES string of the molecule is Cc1ccc(N)cc1C(=O)NCc1ccc(C(=O)N2CCNC(=O)C2)cc1.Cl. The zero-order valence-electron chi connectivity index (χ0n) is 15.5. The van der Waals surface area contributed by atoms with Crippen LogP contribution in [0.2, 0.25) is 0 Å². The molecule has 2 aromatic carbocycles. The number of nitrogens with two attached hydrogens (primary N) is 1. The lowest BCUT2D eigenvalue weighted by Gasteiger charge is -2.26. The summed E-state index contributed by atoms with van der Waals surface area (Å²) in [6.45, 7) is 3.25. The molecule has 1 aliphatic rings. The van der Waals surface area contributed by atoms with Crippen molar-refractivity contribution in [3.63, 3.8) is 0 Å². The number of aryl methyl sites for hydroxylation is 1. The lowest BCUT2D eigenvalue weighted by atomic mass is 10.1. The molecule has 0 saturated carbocycles. The van der Waals surface area contributed by atoms with Crippen molar-refractivity contribution in [3.8, 4) is 0 Å². The fourth-order valence-corrected chi connectivity index (χ4v) is 2.92. The first kappa shape index (κ1) is 21.2. The molecule has 0 aromatic heterocycles. The molecule has 0 aliphatic carbocycles. The second kappa shape index (κ2) is 9.23. The van der Waals surface area contributed by atoms with Crippen molar-refractivity contribution in [2.45, 2.75) is 13.5 Å². The molecule has 0 bridgehead atoms. The molecule has 0 radical (unpaired) electrons. The third-order valence-electron chi connectivity index (χ3n) is 4.49. The molecule has 8 heteroatoms. The number of nitrogen functional groups attached to an aromatic ring is 1. The van der Waals surface area contributed by atoms with Gasteiger partial charge in [0.05, 0.1) is 6.54 Å². The van der Waals surface area contributed by atoms with Gasteiger partial charge < -0.3 is 21.3 Å². The molecule has 3 rings (SSSR count). The first-order valence-electron chi connectivity index (χ1n) is 8.73. The minimum atomic E-state index is -0.195. The average Bonchev–Trinajstić information content (AvgIpc) is 2.68. The molecule has 7 nitrogen and oxygen atoms in total. The number of carbonyl (C=O) groups is 3. The molecule has 0 unspecified atom stereocenters. The number of rotatable bonds is 4. The van der Waals surface area contributed by atoms with E-state index < -0.39 is 0 Å². The van der Waals surface area contributed by atoms with Gasteiger partial charge in [-0.25, -0.2) is 0 Å². The Bertz CT molecular complexity index is 884. The lowest BCUT2D eigenvalue weighted by Crippen LogP contribution is -2.49. The van der Waals surface area contributed by atoms with Crippen LogP contribution < -0.4 is 16.4 Å². The summed E-state index contributed by atoms with van der Waals surface area (Å²) in [6.07, 6.45) is 0. The number of amides is 3. The number of benzene rings is 2. The van der Waals surface area contributed by atoms with Gasteiger partial charge in [-0.1, -0.05) is 18.2 Å². The van der Waals surface area contributed by atoms with Crippen molar-refractivity contribution >= 4 is 35.8 Å². The maximum atomic E-state index is 12.4. The number of hydrogen-bond donors (Lipinski definition) is 3. The highest BCUT2D eigenvalue weighted by atomic mass is 35.5. The van der Waals surface area contributed by atoms with Gasteiger partial charge in [-0.15, -0.1) is 12.4 Å². The van der Waals surface area contributed by atoms with Crippen LogP contribution in [0.5, 0.6) is 0 Å². The van der Waals surface area contributed by atoms with Gasteiger partial charge in [0.15, 0.2) is 0 Å². The Morgan fingerprint density at radius 2 is 1.89 bits per heavy atom. The fraction of sp³-hybridized carbons (Fsp3) is 0.250. The van der Waals surface area contributed by atoms with E-state index in [1.165, 1.54) is 4.90 Å². The third-order valence-corrected chi connectivity index (χ3v) is 4.49. The maximum Gasteiger partial charge on any atom is 0.254 e. The molecule has 2 aromatic rings. The zero-order chi connectivity index (χ0) is 19.4. The van der Waals surface area contributed by atoms with Crippen LogP contribution in [-0.4, -0.2) is 42.3 Å². The maximum absolute atomic E-state index is 12.4. The van der Waals surface area contributed by atoms with E-state index in [0.717, 1.165) is 11.1 Å². The second-order valence-electron chi connectivity index (χ2n) is 6.53. The van der Waals surface area contributed by atoms with Crippen molar-refractivity contribution in [1.82, 2.24) is 15.5 Å². The molecule has 4 N–H and O–H groups in total. The normalized spacial score (nSPS) is 13.3. The van der Waals surface area contributed by atoms with Gasteiger partial charge in [0.1, 0.15) is 0 Å². The second-order valence-corrected chi connectivity index (χ2v) is 6.53. The highest BCUT2D eigenvalue weighted by Gasteiger charge is 2.22. The van der Waals surface area contributed by atoms with Crippen molar-refractivity contribution < 1.29 is 14.4 Å². The fourth-order valence-electron chi connectivity index (χ4n) is 2.92. The van der Waals surface area contributed by atoms with Gasteiger partial charge in [-0.3, -0.25) is 14.4 Å². The molecule has 1 heterocycles. The molecule has 28 heavy (non-hydrogen) atoms. The van der Waals surface area contributed by atoms with Crippen molar-refractivity contribution in [2.24, 2.45) is 0 Å². The number of hydrogen-bond acceptors (Lipinski definition) is 4. The van der Waals surface area contributed by atoms with Crippen molar-refractivity contribution in [1.29, 1.82) is 0 Å². The van der Waals surface area contributed by atoms with Crippen LogP contribution in [0.3, 0.4) is 0 Å². The number of carbonyl (C=O) groups excluding carboxylic acids is 3. The van der Waals surface area contributed by atoms with E-state index in [9.17, 15) is 14.4 Å². The van der Waals surface area contributed by atoms with Gasteiger partial charge in [0, 0.05) is 36.4 Å². The molecule has 0 spiro atoms. The van der Waals surface area contributed by atoms with E-state index in [1.54, 1.807) is 36.4 Å². The minimum absolute atomic E-state index is 0. The molecule has 3 amide bonds. The monoisotopic (exact) mass is 402 g/mol. The predicted molar refractivity (Wildman–Crippen MR) is 109 cm³/mol. The van der Waals surface area contributed by atoms with E-state index in [-0.39, 0.29) is 36.7 Å². The highest BCUT2D eigenvalue weighted by Crippen LogP contribution is 2.13. The molecule has 1 fully saturated rings. The van der Waals surface area contributed by atoms with Crippen molar-refractivity contribution in [2.75, 3.05) is 25.4 Å². The van der Waals surface area contributed by atoms with Crippen LogP contribution in [0.4, 0.5) is 5.69 Å². The Morgan fingerprint density at radius 1 is 1.18 bits per heavy atom. The van der Waals surface area contributed by atoms with Gasteiger partial charge in [0.25, 0.3) is 11.8 Å². The Kier molecular flexibility index (Phi) is 7.00.